The molecule has 0 aliphatic carbocycles. The van der Waals surface area contributed by atoms with Crippen molar-refractivity contribution in [3.05, 3.63) is 21.7 Å². The van der Waals surface area contributed by atoms with Crippen LogP contribution in [0.3, 0.4) is 0 Å². The van der Waals surface area contributed by atoms with E-state index in [4.69, 9.17) is 11.5 Å². The standard InChI is InChI=1S/C10H18N4O/c1-4-10(12,5-2)9-13-7(11)6(3)8(15)14-9/h4-5,12H2,1-3H3,(H3,11,13,14,15). The van der Waals surface area contributed by atoms with Crippen LogP contribution >= 0.6 is 0 Å². The van der Waals surface area contributed by atoms with Crippen LogP contribution in [0.25, 0.3) is 0 Å². The zero-order valence-corrected chi connectivity index (χ0v) is 9.42. The van der Waals surface area contributed by atoms with Crippen molar-refractivity contribution in [2.45, 2.75) is 39.2 Å². The Morgan fingerprint density at radius 1 is 1.40 bits per heavy atom. The Labute approximate surface area is 88.9 Å². The molecule has 0 fully saturated rings. The highest BCUT2D eigenvalue weighted by Gasteiger charge is 2.26. The van der Waals surface area contributed by atoms with Crippen LogP contribution in [0.15, 0.2) is 4.79 Å². The van der Waals surface area contributed by atoms with Crippen molar-refractivity contribution in [3.63, 3.8) is 0 Å². The van der Waals surface area contributed by atoms with Crippen molar-refractivity contribution in [1.29, 1.82) is 0 Å². The number of H-pyrrole nitrogens is 1. The van der Waals surface area contributed by atoms with Crippen molar-refractivity contribution >= 4 is 5.82 Å². The Morgan fingerprint density at radius 3 is 2.33 bits per heavy atom. The maximum absolute atomic E-state index is 11.5. The van der Waals surface area contributed by atoms with Gasteiger partial charge in [-0.2, -0.15) is 0 Å². The van der Waals surface area contributed by atoms with Crippen molar-refractivity contribution in [3.8, 4) is 0 Å². The smallest absolute Gasteiger partial charge is 0.255 e. The fraction of sp³-hybridized carbons (Fsp3) is 0.600. The molecule has 1 heterocycles. The van der Waals surface area contributed by atoms with Crippen molar-refractivity contribution < 1.29 is 0 Å². The molecule has 84 valence electrons. The minimum absolute atomic E-state index is 0.214. The lowest BCUT2D eigenvalue weighted by Crippen LogP contribution is -2.39. The van der Waals surface area contributed by atoms with Gasteiger partial charge in [-0.1, -0.05) is 13.8 Å². The lowest BCUT2D eigenvalue weighted by Gasteiger charge is -2.25. The zero-order chi connectivity index (χ0) is 11.6. The molecular weight excluding hydrogens is 192 g/mol. The molecule has 0 radical (unpaired) electrons. The second kappa shape index (κ2) is 4.02. The van der Waals surface area contributed by atoms with Crippen molar-refractivity contribution in [2.24, 2.45) is 5.73 Å². The van der Waals surface area contributed by atoms with Crippen LogP contribution in [0.1, 0.15) is 38.1 Å². The first-order chi connectivity index (χ1) is 6.94. The van der Waals surface area contributed by atoms with Gasteiger partial charge in [0.25, 0.3) is 5.56 Å². The van der Waals surface area contributed by atoms with E-state index in [1.54, 1.807) is 6.92 Å². The largest absolute Gasteiger partial charge is 0.383 e. The lowest BCUT2D eigenvalue weighted by molar-refractivity contribution is 0.386. The van der Waals surface area contributed by atoms with E-state index in [0.717, 1.165) is 0 Å². The molecule has 1 aromatic rings. The molecule has 0 aliphatic heterocycles. The molecule has 5 N–H and O–H groups in total. The minimum Gasteiger partial charge on any atom is -0.383 e. The van der Waals surface area contributed by atoms with E-state index < -0.39 is 5.54 Å². The van der Waals surface area contributed by atoms with E-state index >= 15 is 0 Å². The first-order valence-corrected chi connectivity index (χ1v) is 5.10. The number of nitrogens with two attached hydrogens (primary N) is 2. The average Bonchev–Trinajstić information content (AvgIpc) is 2.24. The molecule has 0 unspecified atom stereocenters. The highest BCUT2D eigenvalue weighted by atomic mass is 16.1. The Kier molecular flexibility index (Phi) is 3.14. The molecule has 5 heteroatoms. The van der Waals surface area contributed by atoms with Crippen LogP contribution in [0.5, 0.6) is 0 Å². The third-order valence-corrected chi connectivity index (χ3v) is 2.92. The maximum Gasteiger partial charge on any atom is 0.255 e. The Morgan fingerprint density at radius 2 is 1.93 bits per heavy atom. The summed E-state index contributed by atoms with van der Waals surface area (Å²) in [7, 11) is 0. The van der Waals surface area contributed by atoms with Gasteiger partial charge >= 0.3 is 0 Å². The van der Waals surface area contributed by atoms with Gasteiger partial charge in [0.1, 0.15) is 11.6 Å². The summed E-state index contributed by atoms with van der Waals surface area (Å²) in [5.74, 6) is 0.728. The number of aromatic amines is 1. The molecule has 0 saturated carbocycles. The number of anilines is 1. The summed E-state index contributed by atoms with van der Waals surface area (Å²) in [5, 5.41) is 0. The molecule has 0 atom stereocenters. The fourth-order valence-corrected chi connectivity index (χ4v) is 1.37. The molecule has 0 bridgehead atoms. The monoisotopic (exact) mass is 210 g/mol. The van der Waals surface area contributed by atoms with Crippen molar-refractivity contribution in [2.75, 3.05) is 5.73 Å². The quantitative estimate of drug-likeness (QED) is 0.681. The summed E-state index contributed by atoms with van der Waals surface area (Å²) in [4.78, 5) is 18.3. The second-order valence-electron chi connectivity index (χ2n) is 3.79. The molecule has 0 amide bonds. The molecule has 1 aromatic heterocycles. The summed E-state index contributed by atoms with van der Waals surface area (Å²) in [5.41, 5.74) is 11.4. The molecule has 1 rings (SSSR count). The number of rotatable bonds is 3. The number of aromatic nitrogens is 2. The van der Waals surface area contributed by atoms with Gasteiger partial charge in [-0.05, 0) is 19.8 Å². The van der Waals surface area contributed by atoms with Crippen LogP contribution in [-0.4, -0.2) is 9.97 Å². The van der Waals surface area contributed by atoms with Crippen LogP contribution in [0, 0.1) is 6.92 Å². The van der Waals surface area contributed by atoms with Gasteiger partial charge in [0, 0.05) is 0 Å². The van der Waals surface area contributed by atoms with Crippen molar-refractivity contribution in [1.82, 2.24) is 9.97 Å². The summed E-state index contributed by atoms with van der Waals surface area (Å²) >= 11 is 0. The predicted molar refractivity (Wildman–Crippen MR) is 60.5 cm³/mol. The summed E-state index contributed by atoms with van der Waals surface area (Å²) < 4.78 is 0. The highest BCUT2D eigenvalue weighted by molar-refractivity contribution is 5.37. The van der Waals surface area contributed by atoms with Crippen LogP contribution < -0.4 is 17.0 Å². The summed E-state index contributed by atoms with van der Waals surface area (Å²) in [6, 6.07) is 0. The Hall–Kier alpha value is -1.36. The van der Waals surface area contributed by atoms with Crippen LogP contribution in [0.4, 0.5) is 5.82 Å². The molecule has 15 heavy (non-hydrogen) atoms. The van der Waals surface area contributed by atoms with E-state index in [0.29, 0.717) is 24.2 Å². The SMILES string of the molecule is CCC(N)(CC)c1nc(N)c(C)c(=O)[nH]1. The minimum atomic E-state index is -0.596. The predicted octanol–water partition coefficient (Wildman–Crippen LogP) is 0.635. The fourth-order valence-electron chi connectivity index (χ4n) is 1.37. The number of nitrogen functional groups attached to an aromatic ring is 1. The number of nitrogens with zero attached hydrogens (tertiary/aromatic N) is 1. The first kappa shape index (κ1) is 11.7. The van der Waals surface area contributed by atoms with Gasteiger partial charge in [-0.15, -0.1) is 0 Å². The van der Waals surface area contributed by atoms with E-state index in [2.05, 4.69) is 9.97 Å². The molecule has 0 aromatic carbocycles. The number of nitrogens with one attached hydrogen (secondary N) is 1. The first-order valence-electron chi connectivity index (χ1n) is 5.10. The van der Waals surface area contributed by atoms with Gasteiger partial charge in [-0.3, -0.25) is 4.79 Å². The topological polar surface area (TPSA) is 97.8 Å². The molecule has 5 nitrogen and oxygen atoms in total. The molecule has 0 aliphatic rings. The van der Waals surface area contributed by atoms with Gasteiger partial charge in [0.15, 0.2) is 0 Å². The van der Waals surface area contributed by atoms with Gasteiger partial charge < -0.3 is 16.5 Å². The third kappa shape index (κ3) is 2.02. The summed E-state index contributed by atoms with van der Waals surface area (Å²) in [6.07, 6.45) is 1.41. The van der Waals surface area contributed by atoms with Gasteiger partial charge in [-0.25, -0.2) is 4.98 Å². The lowest BCUT2D eigenvalue weighted by atomic mass is 9.93. The zero-order valence-electron chi connectivity index (χ0n) is 9.42. The molecular formula is C10H18N4O. The van der Waals surface area contributed by atoms with Crippen LogP contribution in [-0.2, 0) is 5.54 Å². The van der Waals surface area contributed by atoms with E-state index in [1.165, 1.54) is 0 Å². The summed E-state index contributed by atoms with van der Waals surface area (Å²) in [6.45, 7) is 5.56. The van der Waals surface area contributed by atoms with E-state index in [1.807, 2.05) is 13.8 Å². The second-order valence-corrected chi connectivity index (χ2v) is 3.79. The van der Waals surface area contributed by atoms with E-state index in [-0.39, 0.29) is 11.4 Å². The maximum atomic E-state index is 11.5. The molecule has 0 spiro atoms. The van der Waals surface area contributed by atoms with Gasteiger partial charge in [0.2, 0.25) is 0 Å². The van der Waals surface area contributed by atoms with E-state index in [9.17, 15) is 4.79 Å². The Bertz CT molecular complexity index is 406. The third-order valence-electron chi connectivity index (χ3n) is 2.92. The number of hydrogen-bond acceptors (Lipinski definition) is 4. The Balaban J connectivity index is 3.33. The normalized spacial score (nSPS) is 11.7. The van der Waals surface area contributed by atoms with Crippen LogP contribution in [0.2, 0.25) is 0 Å². The average molecular weight is 210 g/mol. The highest BCUT2D eigenvalue weighted by Crippen LogP contribution is 2.22. The molecule has 0 saturated heterocycles. The van der Waals surface area contributed by atoms with Gasteiger partial charge in [0.05, 0.1) is 11.1 Å². The number of hydrogen-bond donors (Lipinski definition) is 3.